The van der Waals surface area contributed by atoms with Gasteiger partial charge >= 0.3 is 0 Å². The Bertz CT molecular complexity index is 698. The first-order valence-electron chi connectivity index (χ1n) is 8.46. The van der Waals surface area contributed by atoms with E-state index in [0.717, 1.165) is 49.8 Å². The van der Waals surface area contributed by atoms with Crippen LogP contribution in [0.15, 0.2) is 29.5 Å². The molecule has 1 aromatic heterocycles. The third-order valence-electron chi connectivity index (χ3n) is 3.69. The van der Waals surface area contributed by atoms with E-state index in [0.29, 0.717) is 16.6 Å². The molecule has 0 bridgehead atoms. The summed E-state index contributed by atoms with van der Waals surface area (Å²) in [5, 5.41) is 16.0. The van der Waals surface area contributed by atoms with E-state index in [2.05, 4.69) is 32.7 Å². The monoisotopic (exact) mass is 382 g/mol. The molecule has 0 aliphatic rings. The molecule has 0 radical (unpaired) electrons. The van der Waals surface area contributed by atoms with Crippen LogP contribution in [0, 0.1) is 0 Å². The number of rotatable bonds is 8. The van der Waals surface area contributed by atoms with Gasteiger partial charge in [-0.05, 0) is 44.4 Å². The minimum Gasteiger partial charge on any atom is -0.357 e. The largest absolute Gasteiger partial charge is 0.357 e. The SMILES string of the molecule is CCNC(=NCc1nncn1CC)NCCCc1ccc(Cl)cc1Cl. The molecule has 8 heteroatoms. The van der Waals surface area contributed by atoms with E-state index in [9.17, 15) is 0 Å². The van der Waals surface area contributed by atoms with Crippen molar-refractivity contribution in [3.8, 4) is 0 Å². The van der Waals surface area contributed by atoms with Gasteiger partial charge in [-0.1, -0.05) is 29.3 Å². The van der Waals surface area contributed by atoms with Crippen molar-refractivity contribution in [2.24, 2.45) is 4.99 Å². The molecule has 1 heterocycles. The second kappa shape index (κ2) is 10.3. The van der Waals surface area contributed by atoms with E-state index in [1.165, 1.54) is 0 Å². The number of guanidine groups is 1. The van der Waals surface area contributed by atoms with Crippen molar-refractivity contribution < 1.29 is 0 Å². The Labute approximate surface area is 158 Å². The Morgan fingerprint density at radius 2 is 2.08 bits per heavy atom. The molecular formula is C17H24Cl2N6. The van der Waals surface area contributed by atoms with Gasteiger partial charge in [-0.3, -0.25) is 0 Å². The van der Waals surface area contributed by atoms with Crippen LogP contribution in [0.1, 0.15) is 31.7 Å². The number of halogens is 2. The summed E-state index contributed by atoms with van der Waals surface area (Å²) in [5.41, 5.74) is 1.10. The number of hydrogen-bond acceptors (Lipinski definition) is 3. The average Bonchev–Trinajstić information content (AvgIpc) is 3.05. The molecule has 0 fully saturated rings. The summed E-state index contributed by atoms with van der Waals surface area (Å²) in [6.07, 6.45) is 3.55. The smallest absolute Gasteiger partial charge is 0.191 e. The lowest BCUT2D eigenvalue weighted by atomic mass is 10.1. The molecule has 1 aromatic carbocycles. The van der Waals surface area contributed by atoms with Gasteiger partial charge in [-0.15, -0.1) is 10.2 Å². The predicted octanol–water partition coefficient (Wildman–Crippen LogP) is 3.29. The van der Waals surface area contributed by atoms with E-state index in [-0.39, 0.29) is 0 Å². The third kappa shape index (κ3) is 6.21. The first kappa shape index (κ1) is 19.5. The van der Waals surface area contributed by atoms with E-state index in [4.69, 9.17) is 23.2 Å². The summed E-state index contributed by atoms with van der Waals surface area (Å²) in [4.78, 5) is 4.57. The topological polar surface area (TPSA) is 67.1 Å². The maximum atomic E-state index is 6.20. The van der Waals surface area contributed by atoms with Crippen molar-refractivity contribution in [2.75, 3.05) is 13.1 Å². The number of benzene rings is 1. The third-order valence-corrected chi connectivity index (χ3v) is 4.28. The quantitative estimate of drug-likeness (QED) is 0.417. The van der Waals surface area contributed by atoms with Crippen LogP contribution in [0.2, 0.25) is 10.0 Å². The number of aromatic nitrogens is 3. The lowest BCUT2D eigenvalue weighted by molar-refractivity contribution is 0.691. The van der Waals surface area contributed by atoms with Gasteiger partial charge in [-0.2, -0.15) is 0 Å². The number of aliphatic imine (C=N–C) groups is 1. The Kier molecular flexibility index (Phi) is 8.01. The molecule has 136 valence electrons. The highest BCUT2D eigenvalue weighted by Gasteiger charge is 2.04. The van der Waals surface area contributed by atoms with Crippen LogP contribution < -0.4 is 10.6 Å². The van der Waals surface area contributed by atoms with Gasteiger partial charge in [0.15, 0.2) is 11.8 Å². The molecule has 0 spiro atoms. The first-order valence-corrected chi connectivity index (χ1v) is 9.22. The lowest BCUT2D eigenvalue weighted by Crippen LogP contribution is -2.38. The van der Waals surface area contributed by atoms with Crippen LogP contribution in [-0.2, 0) is 19.5 Å². The lowest BCUT2D eigenvalue weighted by Gasteiger charge is -2.11. The van der Waals surface area contributed by atoms with Crippen molar-refractivity contribution in [3.63, 3.8) is 0 Å². The fourth-order valence-electron chi connectivity index (χ4n) is 2.37. The Morgan fingerprint density at radius 1 is 1.24 bits per heavy atom. The van der Waals surface area contributed by atoms with E-state index in [1.807, 2.05) is 23.6 Å². The minimum atomic E-state index is 0.492. The molecule has 0 aliphatic carbocycles. The summed E-state index contributed by atoms with van der Waals surface area (Å²) in [6.45, 7) is 7.03. The molecule has 25 heavy (non-hydrogen) atoms. The molecular weight excluding hydrogens is 359 g/mol. The van der Waals surface area contributed by atoms with E-state index >= 15 is 0 Å². The zero-order chi connectivity index (χ0) is 18.1. The fraction of sp³-hybridized carbons (Fsp3) is 0.471. The fourth-order valence-corrected chi connectivity index (χ4v) is 2.87. The number of nitrogens with one attached hydrogen (secondary N) is 2. The second-order valence-corrected chi connectivity index (χ2v) is 6.34. The summed E-state index contributed by atoms with van der Waals surface area (Å²) in [6, 6.07) is 5.62. The van der Waals surface area contributed by atoms with Crippen LogP contribution in [-0.4, -0.2) is 33.8 Å². The van der Waals surface area contributed by atoms with Crippen LogP contribution in [0.4, 0.5) is 0 Å². The molecule has 0 saturated carbocycles. The van der Waals surface area contributed by atoms with Gasteiger partial charge in [0.2, 0.25) is 0 Å². The normalized spacial score (nSPS) is 11.6. The predicted molar refractivity (Wildman–Crippen MR) is 103 cm³/mol. The average molecular weight is 383 g/mol. The van der Waals surface area contributed by atoms with Crippen molar-refractivity contribution in [3.05, 3.63) is 46.0 Å². The molecule has 2 aromatic rings. The summed E-state index contributed by atoms with van der Waals surface area (Å²) >= 11 is 12.1. The van der Waals surface area contributed by atoms with E-state index in [1.54, 1.807) is 12.4 Å². The number of nitrogens with zero attached hydrogens (tertiary/aromatic N) is 4. The van der Waals surface area contributed by atoms with Crippen molar-refractivity contribution in [1.82, 2.24) is 25.4 Å². The van der Waals surface area contributed by atoms with Gasteiger partial charge in [0.1, 0.15) is 12.9 Å². The van der Waals surface area contributed by atoms with Crippen LogP contribution in [0.3, 0.4) is 0 Å². The molecule has 0 unspecified atom stereocenters. The Morgan fingerprint density at radius 3 is 2.80 bits per heavy atom. The molecule has 0 aliphatic heterocycles. The van der Waals surface area contributed by atoms with Gasteiger partial charge < -0.3 is 15.2 Å². The van der Waals surface area contributed by atoms with Crippen LogP contribution >= 0.6 is 23.2 Å². The summed E-state index contributed by atoms with van der Waals surface area (Å²) in [5.74, 6) is 1.63. The zero-order valence-corrected chi connectivity index (χ0v) is 16.1. The summed E-state index contributed by atoms with van der Waals surface area (Å²) in [7, 11) is 0. The number of aryl methyl sites for hydroxylation is 2. The van der Waals surface area contributed by atoms with E-state index < -0.39 is 0 Å². The minimum absolute atomic E-state index is 0.492. The van der Waals surface area contributed by atoms with Gasteiger partial charge in [0, 0.05) is 29.7 Å². The maximum Gasteiger partial charge on any atom is 0.191 e. The maximum absolute atomic E-state index is 6.20. The highest BCUT2D eigenvalue weighted by molar-refractivity contribution is 6.35. The molecule has 0 amide bonds. The molecule has 6 nitrogen and oxygen atoms in total. The van der Waals surface area contributed by atoms with Gasteiger partial charge in [0.25, 0.3) is 0 Å². The van der Waals surface area contributed by atoms with Crippen molar-refractivity contribution in [1.29, 1.82) is 0 Å². The molecule has 0 atom stereocenters. The number of hydrogen-bond donors (Lipinski definition) is 2. The highest BCUT2D eigenvalue weighted by atomic mass is 35.5. The van der Waals surface area contributed by atoms with Crippen molar-refractivity contribution >= 4 is 29.2 Å². The molecule has 2 N–H and O–H groups in total. The Balaban J connectivity index is 1.83. The Hall–Kier alpha value is -1.79. The van der Waals surface area contributed by atoms with Gasteiger partial charge in [0.05, 0.1) is 0 Å². The molecule has 2 rings (SSSR count). The van der Waals surface area contributed by atoms with Crippen molar-refractivity contribution in [2.45, 2.75) is 39.8 Å². The van der Waals surface area contributed by atoms with Gasteiger partial charge in [-0.25, -0.2) is 4.99 Å². The highest BCUT2D eigenvalue weighted by Crippen LogP contribution is 2.21. The molecule has 0 saturated heterocycles. The zero-order valence-electron chi connectivity index (χ0n) is 14.6. The van der Waals surface area contributed by atoms with Crippen LogP contribution in [0.25, 0.3) is 0 Å². The standard InChI is InChI=1S/C17H24Cl2N6/c1-3-20-17(22-11-16-24-23-12-25(16)4-2)21-9-5-6-13-7-8-14(18)10-15(13)19/h7-8,10,12H,3-6,9,11H2,1-2H3,(H2,20,21,22). The second-order valence-electron chi connectivity index (χ2n) is 5.49. The summed E-state index contributed by atoms with van der Waals surface area (Å²) < 4.78 is 1.98. The first-order chi connectivity index (χ1) is 12.1. The van der Waals surface area contributed by atoms with Crippen LogP contribution in [0.5, 0.6) is 0 Å².